The Bertz CT molecular complexity index is 714. The normalized spacial score (nSPS) is 12.1. The molecule has 0 aliphatic carbocycles. The number of halogens is 1. The van der Waals surface area contributed by atoms with Crippen LogP contribution < -0.4 is 5.32 Å². The smallest absolute Gasteiger partial charge is 0.262 e. The minimum absolute atomic E-state index is 0.142. The van der Waals surface area contributed by atoms with Crippen LogP contribution in [-0.4, -0.2) is 16.9 Å². The van der Waals surface area contributed by atoms with Crippen LogP contribution in [0.15, 0.2) is 60.7 Å². The molecule has 0 saturated carbocycles. The van der Waals surface area contributed by atoms with E-state index in [1.165, 1.54) is 24.3 Å². The van der Waals surface area contributed by atoms with Crippen LogP contribution >= 0.6 is 0 Å². The van der Waals surface area contributed by atoms with E-state index in [0.29, 0.717) is 6.42 Å². The summed E-state index contributed by atoms with van der Waals surface area (Å²) in [6.45, 7) is 13.4. The summed E-state index contributed by atoms with van der Waals surface area (Å²) in [5, 5.41) is 12.0. The number of amides is 1. The Morgan fingerprint density at radius 2 is 2.12 bits per heavy atom. The topological polar surface area (TPSA) is 65.8 Å². The van der Waals surface area contributed by atoms with Crippen LogP contribution in [0.1, 0.15) is 39.3 Å². The number of nitriles is 1. The van der Waals surface area contributed by atoms with E-state index in [2.05, 4.69) is 23.5 Å². The lowest BCUT2D eigenvalue weighted by Gasteiger charge is -2.19. The van der Waals surface area contributed by atoms with Gasteiger partial charge >= 0.3 is 0 Å². The second kappa shape index (κ2) is 13.3. The van der Waals surface area contributed by atoms with Gasteiger partial charge in [0.15, 0.2) is 0 Å². The van der Waals surface area contributed by atoms with Gasteiger partial charge in [-0.2, -0.15) is 9.65 Å². The van der Waals surface area contributed by atoms with Crippen molar-refractivity contribution in [2.75, 3.05) is 0 Å². The monoisotopic (exact) mass is 355 g/mol. The fourth-order valence-electron chi connectivity index (χ4n) is 2.11. The molecule has 1 aromatic rings. The number of pyridine rings is 1. The number of nitrogens with zero attached hydrogens (tertiary/aromatic N) is 2. The van der Waals surface area contributed by atoms with Gasteiger partial charge < -0.3 is 5.32 Å². The van der Waals surface area contributed by atoms with E-state index in [-0.39, 0.29) is 17.3 Å². The average molecular weight is 355 g/mol. The Morgan fingerprint density at radius 3 is 2.62 bits per heavy atom. The Kier molecular flexibility index (Phi) is 11.8. The van der Waals surface area contributed by atoms with Crippen molar-refractivity contribution in [1.29, 1.82) is 5.26 Å². The number of allylic oxidation sites excluding steroid dienone is 2. The fourth-order valence-corrected chi connectivity index (χ4v) is 2.11. The minimum Gasteiger partial charge on any atom is -0.345 e. The van der Waals surface area contributed by atoms with E-state index >= 15 is 0 Å². The predicted octanol–water partition coefficient (Wildman–Crippen LogP) is 4.74. The maximum atomic E-state index is 13.1. The maximum absolute atomic E-state index is 13.1. The third-order valence-electron chi connectivity index (χ3n) is 3.22. The number of carbonyl (C=O) groups excluding carboxylic acids is 1. The summed E-state index contributed by atoms with van der Waals surface area (Å²) in [4.78, 5) is 16.0. The number of nitrogens with one attached hydrogen (secondary N) is 1. The molecule has 0 aromatic carbocycles. The summed E-state index contributed by atoms with van der Waals surface area (Å²) < 4.78 is 13.1. The highest BCUT2D eigenvalue weighted by atomic mass is 19.1. The first-order valence-electron chi connectivity index (χ1n) is 8.56. The molecule has 1 unspecified atom stereocenters. The van der Waals surface area contributed by atoms with Gasteiger partial charge in [0.05, 0.1) is 11.7 Å². The summed E-state index contributed by atoms with van der Waals surface area (Å²) in [5.41, 5.74) is 0.872. The fraction of sp³-hybridized carbons (Fsp3) is 0.286. The highest BCUT2D eigenvalue weighted by Gasteiger charge is 2.17. The van der Waals surface area contributed by atoms with E-state index in [1.54, 1.807) is 18.2 Å². The van der Waals surface area contributed by atoms with Crippen LogP contribution in [0.25, 0.3) is 6.08 Å². The second-order valence-corrected chi connectivity index (χ2v) is 4.98. The van der Waals surface area contributed by atoms with Gasteiger partial charge in [0.2, 0.25) is 5.95 Å². The van der Waals surface area contributed by atoms with Crippen molar-refractivity contribution in [3.8, 4) is 6.07 Å². The molecule has 0 fully saturated rings. The first-order valence-corrected chi connectivity index (χ1v) is 8.56. The molecular formula is C21H26FN3O. The lowest BCUT2D eigenvalue weighted by atomic mass is 10.0. The molecule has 1 heterocycles. The predicted molar refractivity (Wildman–Crippen MR) is 104 cm³/mol. The zero-order valence-electron chi connectivity index (χ0n) is 15.6. The molecular weight excluding hydrogens is 329 g/mol. The van der Waals surface area contributed by atoms with Gasteiger partial charge in [0, 0.05) is 0 Å². The summed E-state index contributed by atoms with van der Waals surface area (Å²) in [6.07, 6.45) is 7.80. The van der Waals surface area contributed by atoms with E-state index in [4.69, 9.17) is 0 Å². The largest absolute Gasteiger partial charge is 0.345 e. The van der Waals surface area contributed by atoms with Crippen molar-refractivity contribution in [3.63, 3.8) is 0 Å². The van der Waals surface area contributed by atoms with Gasteiger partial charge in [-0.05, 0) is 30.2 Å². The molecule has 26 heavy (non-hydrogen) atoms. The molecule has 1 rings (SSSR count). The molecule has 4 nitrogen and oxygen atoms in total. The molecule has 1 atom stereocenters. The molecule has 0 bridgehead atoms. The van der Waals surface area contributed by atoms with Crippen molar-refractivity contribution in [1.82, 2.24) is 10.3 Å². The van der Waals surface area contributed by atoms with E-state index in [0.717, 1.165) is 12.0 Å². The number of rotatable bonds is 8. The van der Waals surface area contributed by atoms with Gasteiger partial charge in [-0.3, -0.25) is 4.79 Å². The molecule has 1 aromatic heterocycles. The molecule has 1 N–H and O–H groups in total. The number of hydrogen-bond donors (Lipinski definition) is 1. The first kappa shape index (κ1) is 23.0. The second-order valence-electron chi connectivity index (χ2n) is 4.98. The van der Waals surface area contributed by atoms with E-state index in [9.17, 15) is 14.4 Å². The van der Waals surface area contributed by atoms with Crippen LogP contribution in [0, 0.1) is 17.3 Å². The van der Waals surface area contributed by atoms with Crippen LogP contribution in [-0.2, 0) is 4.79 Å². The highest BCUT2D eigenvalue weighted by molar-refractivity contribution is 6.01. The number of aromatic nitrogens is 1. The molecule has 0 saturated heterocycles. The Hall–Kier alpha value is -3.00. The Morgan fingerprint density at radius 1 is 1.42 bits per heavy atom. The SMILES string of the molecule is C=C/C=C(\C=C)C(CCC)NC(=O)/C(C#N)=C/c1cccc(F)n1.CC. The lowest BCUT2D eigenvalue weighted by Crippen LogP contribution is -2.36. The van der Waals surface area contributed by atoms with Gasteiger partial charge in [-0.1, -0.05) is 64.6 Å². The summed E-state index contributed by atoms with van der Waals surface area (Å²) >= 11 is 0. The number of hydrogen-bond acceptors (Lipinski definition) is 3. The zero-order chi connectivity index (χ0) is 19.9. The molecule has 0 spiro atoms. The quantitative estimate of drug-likeness (QED) is 0.317. The highest BCUT2D eigenvalue weighted by Crippen LogP contribution is 2.12. The van der Waals surface area contributed by atoms with Crippen molar-refractivity contribution in [2.45, 2.75) is 39.7 Å². The minimum atomic E-state index is -0.673. The molecule has 138 valence electrons. The van der Waals surface area contributed by atoms with Crippen LogP contribution in [0.2, 0.25) is 0 Å². The Labute approximate surface area is 155 Å². The zero-order valence-corrected chi connectivity index (χ0v) is 15.6. The lowest BCUT2D eigenvalue weighted by molar-refractivity contribution is -0.117. The average Bonchev–Trinajstić information content (AvgIpc) is 2.65. The van der Waals surface area contributed by atoms with Crippen molar-refractivity contribution < 1.29 is 9.18 Å². The van der Waals surface area contributed by atoms with Crippen LogP contribution in [0.3, 0.4) is 0 Å². The maximum Gasteiger partial charge on any atom is 0.262 e. The van der Waals surface area contributed by atoms with E-state index < -0.39 is 11.9 Å². The van der Waals surface area contributed by atoms with E-state index in [1.807, 2.05) is 26.8 Å². The first-order chi connectivity index (χ1) is 12.5. The third kappa shape index (κ3) is 7.71. The molecule has 5 heteroatoms. The molecule has 0 aliphatic rings. The standard InChI is InChI=1S/C19H20FN3O.C2H6/c1-4-8-14(6-3)17(9-5-2)23-19(24)15(13-21)12-16-10-7-11-18(20)22-16;1-2/h4,6-8,10-12,17H,1,3,5,9H2,2H3,(H,23,24);1-2H3/b14-8+,15-12+;. The molecule has 1 amide bonds. The summed E-state index contributed by atoms with van der Waals surface area (Å²) in [7, 11) is 0. The van der Waals surface area contributed by atoms with Gasteiger partial charge in [0.25, 0.3) is 5.91 Å². The Balaban J connectivity index is 0.00000301. The van der Waals surface area contributed by atoms with Crippen molar-refractivity contribution >= 4 is 12.0 Å². The molecule has 0 radical (unpaired) electrons. The van der Waals surface area contributed by atoms with Crippen molar-refractivity contribution in [3.05, 3.63) is 72.4 Å². The summed E-state index contributed by atoms with van der Waals surface area (Å²) in [5.74, 6) is -1.22. The molecule has 0 aliphatic heterocycles. The number of carbonyl (C=O) groups is 1. The third-order valence-corrected chi connectivity index (χ3v) is 3.22. The van der Waals surface area contributed by atoms with Crippen molar-refractivity contribution in [2.24, 2.45) is 0 Å². The van der Waals surface area contributed by atoms with Gasteiger partial charge in [-0.25, -0.2) is 4.98 Å². The van der Waals surface area contributed by atoms with Gasteiger partial charge in [-0.15, -0.1) is 0 Å². The van der Waals surface area contributed by atoms with Gasteiger partial charge in [0.1, 0.15) is 11.6 Å². The van der Waals surface area contributed by atoms with Crippen LogP contribution in [0.4, 0.5) is 4.39 Å². The van der Waals surface area contributed by atoms with Crippen LogP contribution in [0.5, 0.6) is 0 Å². The summed E-state index contributed by atoms with van der Waals surface area (Å²) in [6, 6.07) is 5.72.